The number of Topliss-reactive ketones (excluding diaryl/α,β-unsaturated/α-hetero) is 1. The average molecular weight is 387 g/mol. The van der Waals surface area contributed by atoms with Crippen LogP contribution < -0.4 is 0 Å². The lowest BCUT2D eigenvalue weighted by Gasteiger charge is -2.58. The summed E-state index contributed by atoms with van der Waals surface area (Å²) in [5, 5.41) is 10.2. The van der Waals surface area contributed by atoms with E-state index in [1.807, 2.05) is 6.92 Å². The minimum absolute atomic E-state index is 0.104. The zero-order valence-corrected chi connectivity index (χ0v) is 18.7. The van der Waals surface area contributed by atoms with Crippen molar-refractivity contribution in [3.05, 3.63) is 11.6 Å². The van der Waals surface area contributed by atoms with Crippen molar-refractivity contribution in [3.63, 3.8) is 0 Å². The van der Waals surface area contributed by atoms with Crippen molar-refractivity contribution in [2.24, 2.45) is 40.4 Å². The standard InChI is InChI=1S/C26H42O2/c1-5-19(27)8-6-17(2)22-10-11-23-21-9-7-18-16-20(28)12-14-25(18,3)24(21)13-15-26(22,23)4/h7,17,20-24,28H,5-6,8-16H2,1-4H3/t17-,20+,21-,22+,23-,24-,25+,26+/m1/s1. The highest BCUT2D eigenvalue weighted by Gasteiger charge is 2.59. The van der Waals surface area contributed by atoms with Crippen molar-refractivity contribution < 1.29 is 9.90 Å². The second-order valence-corrected chi connectivity index (χ2v) is 11.3. The van der Waals surface area contributed by atoms with E-state index < -0.39 is 0 Å². The van der Waals surface area contributed by atoms with Crippen LogP contribution in [0.4, 0.5) is 0 Å². The van der Waals surface area contributed by atoms with Crippen molar-refractivity contribution in [3.8, 4) is 0 Å². The smallest absolute Gasteiger partial charge is 0.132 e. The Morgan fingerprint density at radius 1 is 1.18 bits per heavy atom. The second-order valence-electron chi connectivity index (χ2n) is 11.3. The van der Waals surface area contributed by atoms with E-state index in [2.05, 4.69) is 26.8 Å². The lowest BCUT2D eigenvalue weighted by atomic mass is 9.47. The van der Waals surface area contributed by atoms with Gasteiger partial charge in [0, 0.05) is 12.8 Å². The highest BCUT2D eigenvalue weighted by molar-refractivity contribution is 5.77. The third-order valence-electron chi connectivity index (χ3n) is 10.1. The number of rotatable bonds is 5. The van der Waals surface area contributed by atoms with Gasteiger partial charge in [0.15, 0.2) is 0 Å². The maximum atomic E-state index is 11.8. The van der Waals surface area contributed by atoms with Gasteiger partial charge in [0.05, 0.1) is 6.10 Å². The number of hydrogen-bond donors (Lipinski definition) is 1. The molecule has 0 saturated heterocycles. The van der Waals surface area contributed by atoms with Gasteiger partial charge in [0.2, 0.25) is 0 Å². The number of aliphatic hydroxyl groups excluding tert-OH is 1. The first-order valence-corrected chi connectivity index (χ1v) is 12.2. The summed E-state index contributed by atoms with van der Waals surface area (Å²) < 4.78 is 0. The van der Waals surface area contributed by atoms with Crippen molar-refractivity contribution in [1.29, 1.82) is 0 Å². The van der Waals surface area contributed by atoms with Crippen LogP contribution in [0.5, 0.6) is 0 Å². The van der Waals surface area contributed by atoms with Gasteiger partial charge in [-0.1, -0.05) is 39.3 Å². The predicted octanol–water partition coefficient (Wildman–Crippen LogP) is 6.32. The van der Waals surface area contributed by atoms with Crippen LogP contribution in [0.3, 0.4) is 0 Å². The minimum Gasteiger partial charge on any atom is -0.393 e. The predicted molar refractivity (Wildman–Crippen MR) is 115 cm³/mol. The van der Waals surface area contributed by atoms with Crippen molar-refractivity contribution in [1.82, 2.24) is 0 Å². The summed E-state index contributed by atoms with van der Waals surface area (Å²) in [6.07, 6.45) is 14.9. The molecule has 0 bridgehead atoms. The number of carbonyl (C=O) groups is 1. The van der Waals surface area contributed by atoms with Gasteiger partial charge in [-0.05, 0) is 98.2 Å². The van der Waals surface area contributed by atoms with Crippen LogP contribution in [0.15, 0.2) is 11.6 Å². The fraction of sp³-hybridized carbons (Fsp3) is 0.885. The van der Waals surface area contributed by atoms with E-state index in [0.717, 1.165) is 49.4 Å². The quantitative estimate of drug-likeness (QED) is 0.561. The molecule has 0 heterocycles. The van der Waals surface area contributed by atoms with Crippen molar-refractivity contribution in [2.45, 2.75) is 104 Å². The molecule has 4 aliphatic carbocycles. The van der Waals surface area contributed by atoms with Gasteiger partial charge >= 0.3 is 0 Å². The Morgan fingerprint density at radius 2 is 1.96 bits per heavy atom. The fourth-order valence-electron chi connectivity index (χ4n) is 8.38. The zero-order chi connectivity index (χ0) is 20.1. The average Bonchev–Trinajstić information content (AvgIpc) is 3.03. The number of hydrogen-bond acceptors (Lipinski definition) is 2. The number of carbonyl (C=O) groups excluding carboxylic acids is 1. The van der Waals surface area contributed by atoms with Gasteiger partial charge in [-0.15, -0.1) is 0 Å². The molecule has 3 fully saturated rings. The van der Waals surface area contributed by atoms with Crippen molar-refractivity contribution >= 4 is 5.78 Å². The summed E-state index contributed by atoms with van der Waals surface area (Å²) >= 11 is 0. The Labute approximate surface area is 172 Å². The Kier molecular flexibility index (Phi) is 5.57. The van der Waals surface area contributed by atoms with Crippen LogP contribution in [0.2, 0.25) is 0 Å². The topological polar surface area (TPSA) is 37.3 Å². The summed E-state index contributed by atoms with van der Waals surface area (Å²) in [4.78, 5) is 11.8. The molecule has 1 N–H and O–H groups in total. The third-order valence-corrected chi connectivity index (χ3v) is 10.1. The van der Waals surface area contributed by atoms with Crippen LogP contribution in [0.1, 0.15) is 98.3 Å². The zero-order valence-electron chi connectivity index (χ0n) is 18.7. The van der Waals surface area contributed by atoms with Gasteiger partial charge in [0.1, 0.15) is 5.78 Å². The molecule has 0 aromatic rings. The van der Waals surface area contributed by atoms with E-state index in [4.69, 9.17) is 0 Å². The largest absolute Gasteiger partial charge is 0.393 e. The molecule has 0 aromatic heterocycles. The van der Waals surface area contributed by atoms with E-state index in [0.29, 0.717) is 29.0 Å². The van der Waals surface area contributed by atoms with Gasteiger partial charge in [0.25, 0.3) is 0 Å². The molecule has 0 aliphatic heterocycles. The number of allylic oxidation sites excluding steroid dienone is 1. The van der Waals surface area contributed by atoms with E-state index in [-0.39, 0.29) is 6.10 Å². The summed E-state index contributed by atoms with van der Waals surface area (Å²) in [6, 6.07) is 0. The lowest BCUT2D eigenvalue weighted by molar-refractivity contribution is -0.119. The van der Waals surface area contributed by atoms with E-state index in [9.17, 15) is 9.90 Å². The summed E-state index contributed by atoms with van der Waals surface area (Å²) in [5.74, 6) is 4.45. The summed E-state index contributed by atoms with van der Waals surface area (Å²) in [7, 11) is 0. The highest BCUT2D eigenvalue weighted by atomic mass is 16.3. The van der Waals surface area contributed by atoms with Crippen LogP contribution in [0.25, 0.3) is 0 Å². The van der Waals surface area contributed by atoms with E-state index in [1.165, 1.54) is 38.5 Å². The van der Waals surface area contributed by atoms with E-state index >= 15 is 0 Å². The van der Waals surface area contributed by atoms with Crippen LogP contribution in [0, 0.1) is 40.4 Å². The van der Waals surface area contributed by atoms with Gasteiger partial charge in [-0.2, -0.15) is 0 Å². The molecule has 8 atom stereocenters. The monoisotopic (exact) mass is 386 g/mol. The Hall–Kier alpha value is -0.630. The third kappa shape index (κ3) is 3.22. The lowest BCUT2D eigenvalue weighted by Crippen LogP contribution is -2.50. The first-order chi connectivity index (χ1) is 13.3. The summed E-state index contributed by atoms with van der Waals surface area (Å²) in [5.41, 5.74) is 2.41. The molecule has 158 valence electrons. The Balaban J connectivity index is 1.51. The second kappa shape index (κ2) is 7.56. The molecule has 0 aromatic carbocycles. The maximum Gasteiger partial charge on any atom is 0.132 e. The van der Waals surface area contributed by atoms with Crippen LogP contribution in [-0.2, 0) is 4.79 Å². The SMILES string of the molecule is CCC(=O)CC[C@@H](C)[C@@H]1CC[C@@H]2[C@H]3CC=C4C[C@@H](O)CC[C@]4(C)[C@@H]3CC[C@]21C. The highest BCUT2D eigenvalue weighted by Crippen LogP contribution is 2.67. The first kappa shape index (κ1) is 20.6. The van der Waals surface area contributed by atoms with Gasteiger partial charge in [-0.3, -0.25) is 4.79 Å². The van der Waals surface area contributed by atoms with Crippen LogP contribution >= 0.6 is 0 Å². The van der Waals surface area contributed by atoms with Gasteiger partial charge in [-0.25, -0.2) is 0 Å². The molecule has 0 unspecified atom stereocenters. The fourth-order valence-corrected chi connectivity index (χ4v) is 8.38. The molecule has 4 aliphatic rings. The maximum absolute atomic E-state index is 11.8. The molecule has 28 heavy (non-hydrogen) atoms. The minimum atomic E-state index is -0.104. The molecule has 0 radical (unpaired) electrons. The first-order valence-electron chi connectivity index (χ1n) is 12.2. The number of aliphatic hydroxyl groups is 1. The number of ketones is 1. The molecular weight excluding hydrogens is 344 g/mol. The molecule has 0 amide bonds. The molecule has 3 saturated carbocycles. The van der Waals surface area contributed by atoms with Crippen molar-refractivity contribution in [2.75, 3.05) is 0 Å². The Bertz CT molecular complexity index is 636. The molecule has 0 spiro atoms. The molecular formula is C26H42O2. The normalized spacial score (nSPS) is 46.2. The molecule has 2 nitrogen and oxygen atoms in total. The summed E-state index contributed by atoms with van der Waals surface area (Å²) in [6.45, 7) is 9.55. The van der Waals surface area contributed by atoms with E-state index in [1.54, 1.807) is 5.57 Å². The van der Waals surface area contributed by atoms with Crippen LogP contribution in [-0.4, -0.2) is 17.0 Å². The number of fused-ring (bicyclic) bond motifs is 5. The molecule has 4 rings (SSSR count). The Morgan fingerprint density at radius 3 is 2.71 bits per heavy atom. The molecule has 2 heteroatoms. The van der Waals surface area contributed by atoms with Gasteiger partial charge < -0.3 is 5.11 Å².